The van der Waals surface area contributed by atoms with E-state index in [0.29, 0.717) is 5.82 Å². The molecule has 0 saturated heterocycles. The quantitative estimate of drug-likeness (QED) is 0.829. The molecule has 17 heavy (non-hydrogen) atoms. The molecule has 1 amide bonds. The van der Waals surface area contributed by atoms with Gasteiger partial charge in [0.1, 0.15) is 17.1 Å². The first-order chi connectivity index (χ1) is 8.08. The number of hydrogen-bond donors (Lipinski definition) is 2. The second kappa shape index (κ2) is 4.25. The van der Waals surface area contributed by atoms with Crippen molar-refractivity contribution in [2.45, 2.75) is 0 Å². The smallest absolute Gasteiger partial charge is 0.263 e. The summed E-state index contributed by atoms with van der Waals surface area (Å²) in [6, 6.07) is 5.24. The van der Waals surface area contributed by atoms with Crippen LogP contribution in [0.15, 0.2) is 30.5 Å². The Bertz CT molecular complexity index is 545. The Hall–Kier alpha value is -2.37. The van der Waals surface area contributed by atoms with Crippen molar-refractivity contribution in [3.8, 4) is 5.75 Å². The van der Waals surface area contributed by atoms with Gasteiger partial charge in [-0.15, -0.1) is 0 Å². The number of hydrogen-bond acceptors (Lipinski definition) is 3. The van der Waals surface area contributed by atoms with Crippen LogP contribution in [0.5, 0.6) is 5.75 Å². The lowest BCUT2D eigenvalue weighted by Gasteiger charge is -2.05. The molecule has 0 atom stereocenters. The van der Waals surface area contributed by atoms with E-state index in [4.69, 9.17) is 0 Å². The molecule has 0 aliphatic carbocycles. The lowest BCUT2D eigenvalue weighted by molar-refractivity contribution is 0.102. The number of nitrogens with one attached hydrogen (secondary N) is 1. The van der Waals surface area contributed by atoms with E-state index in [1.54, 1.807) is 19.3 Å². The number of benzene rings is 1. The molecule has 0 radical (unpaired) electrons. The Morgan fingerprint density at radius 2 is 2.24 bits per heavy atom. The molecule has 1 aromatic heterocycles. The van der Waals surface area contributed by atoms with Crippen molar-refractivity contribution in [1.82, 2.24) is 9.78 Å². The zero-order valence-corrected chi connectivity index (χ0v) is 9.01. The fourth-order valence-electron chi connectivity index (χ4n) is 1.40. The highest BCUT2D eigenvalue weighted by Crippen LogP contribution is 2.20. The van der Waals surface area contributed by atoms with Crippen molar-refractivity contribution in [3.05, 3.63) is 41.8 Å². The summed E-state index contributed by atoms with van der Waals surface area (Å²) in [6.07, 6.45) is 1.64. The molecule has 5 nitrogen and oxygen atoms in total. The van der Waals surface area contributed by atoms with Crippen LogP contribution >= 0.6 is 0 Å². The van der Waals surface area contributed by atoms with Gasteiger partial charge in [-0.25, -0.2) is 4.39 Å². The summed E-state index contributed by atoms with van der Waals surface area (Å²) in [7, 11) is 1.69. The van der Waals surface area contributed by atoms with E-state index in [1.807, 2.05) is 0 Å². The summed E-state index contributed by atoms with van der Waals surface area (Å²) >= 11 is 0. The number of amides is 1. The van der Waals surface area contributed by atoms with Gasteiger partial charge in [-0.1, -0.05) is 6.07 Å². The van der Waals surface area contributed by atoms with Crippen LogP contribution in [0.25, 0.3) is 0 Å². The fourth-order valence-corrected chi connectivity index (χ4v) is 1.40. The minimum Gasteiger partial charge on any atom is -0.507 e. The Kier molecular flexibility index (Phi) is 2.78. The van der Waals surface area contributed by atoms with Gasteiger partial charge < -0.3 is 10.4 Å². The number of anilines is 1. The fraction of sp³-hybridized carbons (Fsp3) is 0.0909. The molecule has 0 unspecified atom stereocenters. The zero-order valence-electron chi connectivity index (χ0n) is 9.01. The average molecular weight is 235 g/mol. The van der Waals surface area contributed by atoms with Crippen molar-refractivity contribution in [3.63, 3.8) is 0 Å². The minimum absolute atomic E-state index is 0.292. The van der Waals surface area contributed by atoms with Gasteiger partial charge in [0.2, 0.25) is 0 Å². The second-order valence-corrected chi connectivity index (χ2v) is 3.46. The van der Waals surface area contributed by atoms with Gasteiger partial charge in [0.25, 0.3) is 5.91 Å². The predicted molar refractivity (Wildman–Crippen MR) is 59.2 cm³/mol. The number of aryl methyl sites for hydroxylation is 1. The molecular weight excluding hydrogens is 225 g/mol. The number of phenolic OH excluding ortho intramolecular Hbond substituents is 1. The number of carbonyl (C=O) groups excluding carboxylic acids is 1. The third kappa shape index (κ3) is 2.25. The third-order valence-corrected chi connectivity index (χ3v) is 2.17. The normalized spacial score (nSPS) is 10.2. The Morgan fingerprint density at radius 1 is 1.47 bits per heavy atom. The van der Waals surface area contributed by atoms with Gasteiger partial charge in [0.15, 0.2) is 5.82 Å². The first-order valence-corrected chi connectivity index (χ1v) is 4.86. The Morgan fingerprint density at radius 3 is 2.82 bits per heavy atom. The molecule has 2 aromatic rings. The van der Waals surface area contributed by atoms with Gasteiger partial charge in [-0.2, -0.15) is 5.10 Å². The topological polar surface area (TPSA) is 67.2 Å². The molecule has 2 N–H and O–H groups in total. The number of aromatic nitrogens is 2. The van der Waals surface area contributed by atoms with E-state index in [9.17, 15) is 14.3 Å². The van der Waals surface area contributed by atoms with Gasteiger partial charge in [-0.3, -0.25) is 9.48 Å². The summed E-state index contributed by atoms with van der Waals surface area (Å²) in [5.74, 6) is -1.63. The van der Waals surface area contributed by atoms with Crippen LogP contribution in [-0.2, 0) is 7.05 Å². The number of phenols is 1. The van der Waals surface area contributed by atoms with Crippen molar-refractivity contribution >= 4 is 11.7 Å². The van der Waals surface area contributed by atoms with E-state index < -0.39 is 23.0 Å². The largest absolute Gasteiger partial charge is 0.507 e. The molecule has 0 aliphatic rings. The van der Waals surface area contributed by atoms with E-state index in [2.05, 4.69) is 10.4 Å². The number of carbonyl (C=O) groups is 1. The summed E-state index contributed by atoms with van der Waals surface area (Å²) in [5.41, 5.74) is -0.391. The van der Waals surface area contributed by atoms with E-state index in [0.717, 1.165) is 6.07 Å². The maximum atomic E-state index is 13.4. The number of nitrogens with zero attached hydrogens (tertiary/aromatic N) is 2. The molecule has 1 aromatic carbocycles. The van der Waals surface area contributed by atoms with Gasteiger partial charge in [-0.05, 0) is 12.1 Å². The molecule has 0 fully saturated rings. The van der Waals surface area contributed by atoms with Crippen LogP contribution < -0.4 is 5.32 Å². The molecule has 2 rings (SSSR count). The van der Waals surface area contributed by atoms with Crippen molar-refractivity contribution in [1.29, 1.82) is 0 Å². The molecule has 0 spiro atoms. The van der Waals surface area contributed by atoms with Gasteiger partial charge in [0, 0.05) is 19.3 Å². The SMILES string of the molecule is Cn1ccc(NC(=O)c2c(O)cccc2F)n1. The van der Waals surface area contributed by atoms with Crippen LogP contribution in [0.4, 0.5) is 10.2 Å². The van der Waals surface area contributed by atoms with Crippen LogP contribution in [0.2, 0.25) is 0 Å². The van der Waals surface area contributed by atoms with Crippen LogP contribution in [-0.4, -0.2) is 20.8 Å². The highest BCUT2D eigenvalue weighted by molar-refractivity contribution is 6.05. The molecule has 0 bridgehead atoms. The average Bonchev–Trinajstić information content (AvgIpc) is 2.63. The van der Waals surface area contributed by atoms with E-state index >= 15 is 0 Å². The zero-order chi connectivity index (χ0) is 12.4. The molecule has 0 aliphatic heterocycles. The maximum absolute atomic E-state index is 13.4. The Balaban J connectivity index is 2.26. The third-order valence-electron chi connectivity index (χ3n) is 2.17. The van der Waals surface area contributed by atoms with E-state index in [1.165, 1.54) is 16.8 Å². The highest BCUT2D eigenvalue weighted by Gasteiger charge is 2.17. The summed E-state index contributed by atoms with van der Waals surface area (Å²) in [4.78, 5) is 11.7. The van der Waals surface area contributed by atoms with Crippen LogP contribution in [0, 0.1) is 5.82 Å². The molecular formula is C11H10FN3O2. The molecule has 6 heteroatoms. The first kappa shape index (κ1) is 11.1. The molecule has 0 saturated carbocycles. The number of aromatic hydroxyl groups is 1. The van der Waals surface area contributed by atoms with Crippen LogP contribution in [0.1, 0.15) is 10.4 Å². The Labute approximate surface area is 96.5 Å². The summed E-state index contributed by atoms with van der Waals surface area (Å²) in [6.45, 7) is 0. The summed E-state index contributed by atoms with van der Waals surface area (Å²) < 4.78 is 14.9. The standard InChI is InChI=1S/C11H10FN3O2/c1-15-6-5-9(14-15)13-11(17)10-7(12)3-2-4-8(10)16/h2-6,16H,1H3,(H,13,14,17). The van der Waals surface area contributed by atoms with Crippen molar-refractivity contribution < 1.29 is 14.3 Å². The van der Waals surface area contributed by atoms with Gasteiger partial charge >= 0.3 is 0 Å². The lowest BCUT2D eigenvalue weighted by Crippen LogP contribution is -2.14. The van der Waals surface area contributed by atoms with Gasteiger partial charge in [0.05, 0.1) is 0 Å². The maximum Gasteiger partial charge on any atom is 0.263 e. The molecule has 1 heterocycles. The van der Waals surface area contributed by atoms with Crippen molar-refractivity contribution in [2.75, 3.05) is 5.32 Å². The van der Waals surface area contributed by atoms with Crippen molar-refractivity contribution in [2.24, 2.45) is 7.05 Å². The number of rotatable bonds is 2. The van der Waals surface area contributed by atoms with E-state index in [-0.39, 0.29) is 0 Å². The van der Waals surface area contributed by atoms with Crippen LogP contribution in [0.3, 0.4) is 0 Å². The lowest BCUT2D eigenvalue weighted by atomic mass is 10.2. The highest BCUT2D eigenvalue weighted by atomic mass is 19.1. The monoisotopic (exact) mass is 235 g/mol. The second-order valence-electron chi connectivity index (χ2n) is 3.46. The summed E-state index contributed by atoms with van der Waals surface area (Å²) in [5, 5.41) is 15.7. The first-order valence-electron chi connectivity index (χ1n) is 4.86. The minimum atomic E-state index is -0.779. The number of halogens is 1. The predicted octanol–water partition coefficient (Wildman–Crippen LogP) is 1.52. The molecule has 88 valence electrons.